The predicted molar refractivity (Wildman–Crippen MR) is 77.6 cm³/mol. The summed E-state index contributed by atoms with van der Waals surface area (Å²) in [6.45, 7) is 2.68. The topological polar surface area (TPSA) is 84.6 Å². The van der Waals surface area contributed by atoms with E-state index in [0.29, 0.717) is 31.6 Å². The molecule has 2 atom stereocenters. The van der Waals surface area contributed by atoms with Gasteiger partial charge in [0.25, 0.3) is 0 Å². The Kier molecular flexibility index (Phi) is 4.62. The molecule has 5 heteroatoms. The number of ether oxygens (including phenoxy) is 1. The Morgan fingerprint density at radius 3 is 3.05 bits per heavy atom. The lowest BCUT2D eigenvalue weighted by atomic mass is 9.98. The van der Waals surface area contributed by atoms with E-state index in [1.807, 2.05) is 19.1 Å². The Bertz CT molecular complexity index is 478. The summed E-state index contributed by atoms with van der Waals surface area (Å²) < 4.78 is 5.52. The van der Waals surface area contributed by atoms with Crippen molar-refractivity contribution in [3.63, 3.8) is 0 Å². The summed E-state index contributed by atoms with van der Waals surface area (Å²) >= 11 is 0. The third-order valence-corrected chi connectivity index (χ3v) is 3.54. The molecule has 1 aromatic carbocycles. The van der Waals surface area contributed by atoms with E-state index in [1.54, 1.807) is 12.1 Å². The number of amides is 1. The van der Waals surface area contributed by atoms with Gasteiger partial charge < -0.3 is 20.9 Å². The van der Waals surface area contributed by atoms with Gasteiger partial charge in [-0.05, 0) is 31.4 Å². The van der Waals surface area contributed by atoms with Crippen LogP contribution in [0.5, 0.6) is 5.75 Å². The smallest absolute Gasteiger partial charge is 0.244 e. The van der Waals surface area contributed by atoms with Gasteiger partial charge in [0.2, 0.25) is 5.91 Å². The molecule has 1 aliphatic rings. The van der Waals surface area contributed by atoms with E-state index in [0.717, 1.165) is 12.2 Å². The summed E-state index contributed by atoms with van der Waals surface area (Å²) in [6, 6.07) is 7.25. The average molecular weight is 278 g/mol. The Labute approximate surface area is 119 Å². The van der Waals surface area contributed by atoms with E-state index < -0.39 is 11.6 Å². The number of benzene rings is 1. The van der Waals surface area contributed by atoms with Crippen LogP contribution in [0.2, 0.25) is 0 Å². The molecule has 1 amide bonds. The van der Waals surface area contributed by atoms with Crippen molar-refractivity contribution in [3.8, 4) is 5.75 Å². The van der Waals surface area contributed by atoms with E-state index in [9.17, 15) is 9.90 Å². The van der Waals surface area contributed by atoms with Gasteiger partial charge in [0.05, 0.1) is 18.2 Å². The van der Waals surface area contributed by atoms with Crippen molar-refractivity contribution in [2.24, 2.45) is 5.73 Å². The fourth-order valence-corrected chi connectivity index (χ4v) is 2.39. The van der Waals surface area contributed by atoms with Crippen LogP contribution in [0.1, 0.15) is 32.6 Å². The first-order valence-corrected chi connectivity index (χ1v) is 7.05. The van der Waals surface area contributed by atoms with Crippen LogP contribution < -0.4 is 15.8 Å². The number of anilines is 1. The fourth-order valence-electron chi connectivity index (χ4n) is 2.39. The van der Waals surface area contributed by atoms with Crippen molar-refractivity contribution in [2.45, 2.75) is 44.2 Å². The number of hydrogen-bond acceptors (Lipinski definition) is 4. The second-order valence-electron chi connectivity index (χ2n) is 5.38. The number of aliphatic hydroxyl groups is 1. The summed E-state index contributed by atoms with van der Waals surface area (Å²) in [7, 11) is 0. The van der Waals surface area contributed by atoms with Crippen LogP contribution in [-0.2, 0) is 4.79 Å². The molecule has 1 saturated carbocycles. The van der Waals surface area contributed by atoms with Gasteiger partial charge in [-0.15, -0.1) is 0 Å². The quantitative estimate of drug-likeness (QED) is 0.764. The van der Waals surface area contributed by atoms with Crippen LogP contribution in [0.4, 0.5) is 5.69 Å². The highest BCUT2D eigenvalue weighted by Gasteiger charge is 2.41. The van der Waals surface area contributed by atoms with Gasteiger partial charge in [-0.3, -0.25) is 4.79 Å². The van der Waals surface area contributed by atoms with Crippen LogP contribution >= 0.6 is 0 Å². The molecule has 0 aliphatic heterocycles. The lowest BCUT2D eigenvalue weighted by Crippen LogP contribution is -2.49. The molecule has 2 rings (SSSR count). The van der Waals surface area contributed by atoms with Crippen molar-refractivity contribution in [1.29, 1.82) is 0 Å². The number of nitrogens with two attached hydrogens (primary N) is 1. The molecule has 1 fully saturated rings. The average Bonchev–Trinajstić information content (AvgIpc) is 2.78. The number of hydrogen-bond donors (Lipinski definition) is 3. The second kappa shape index (κ2) is 6.24. The second-order valence-corrected chi connectivity index (χ2v) is 5.38. The van der Waals surface area contributed by atoms with Crippen molar-refractivity contribution >= 4 is 11.6 Å². The van der Waals surface area contributed by atoms with Crippen molar-refractivity contribution in [1.82, 2.24) is 0 Å². The number of carbonyl (C=O) groups is 1. The van der Waals surface area contributed by atoms with Crippen LogP contribution in [0.15, 0.2) is 24.3 Å². The number of nitrogens with one attached hydrogen (secondary N) is 1. The minimum Gasteiger partial charge on any atom is -0.494 e. The summed E-state index contributed by atoms with van der Waals surface area (Å²) in [5.41, 5.74) is 5.75. The maximum absolute atomic E-state index is 12.2. The number of aliphatic hydroxyl groups excluding tert-OH is 1. The summed E-state index contributed by atoms with van der Waals surface area (Å²) in [5, 5.41) is 12.3. The van der Waals surface area contributed by atoms with E-state index in [2.05, 4.69) is 5.32 Å². The third-order valence-electron chi connectivity index (χ3n) is 3.54. The molecule has 0 aromatic heterocycles. The molecule has 0 heterocycles. The first-order chi connectivity index (χ1) is 9.53. The molecular weight excluding hydrogens is 256 g/mol. The van der Waals surface area contributed by atoms with Crippen LogP contribution in [0, 0.1) is 0 Å². The van der Waals surface area contributed by atoms with Gasteiger partial charge in [-0.2, -0.15) is 0 Å². The highest BCUT2D eigenvalue weighted by atomic mass is 16.5. The van der Waals surface area contributed by atoms with Crippen LogP contribution in [0.25, 0.3) is 0 Å². The number of rotatable bonds is 5. The van der Waals surface area contributed by atoms with Gasteiger partial charge in [0.15, 0.2) is 0 Å². The SMILES string of the molecule is CCCOc1cccc(NC(=O)C2(N)CCC(O)C2)c1. The summed E-state index contributed by atoms with van der Waals surface area (Å²) in [6.07, 6.45) is 1.84. The zero-order valence-corrected chi connectivity index (χ0v) is 11.8. The molecule has 1 aliphatic carbocycles. The van der Waals surface area contributed by atoms with Gasteiger partial charge >= 0.3 is 0 Å². The maximum Gasteiger partial charge on any atom is 0.244 e. The highest BCUT2D eigenvalue weighted by Crippen LogP contribution is 2.29. The Morgan fingerprint density at radius 1 is 1.60 bits per heavy atom. The highest BCUT2D eigenvalue weighted by molar-refractivity contribution is 5.98. The molecular formula is C15H22N2O3. The molecule has 110 valence electrons. The van der Waals surface area contributed by atoms with Gasteiger partial charge in [0.1, 0.15) is 5.75 Å². The lowest BCUT2D eigenvalue weighted by molar-refractivity contribution is -0.121. The first kappa shape index (κ1) is 14.8. The zero-order valence-electron chi connectivity index (χ0n) is 11.8. The predicted octanol–water partition coefficient (Wildman–Crippen LogP) is 1.66. The Hall–Kier alpha value is -1.59. The normalized spacial score (nSPS) is 25.4. The standard InChI is InChI=1S/C15H22N2O3/c1-2-8-20-13-5-3-4-11(9-13)17-14(19)15(16)7-6-12(18)10-15/h3-5,9,12,18H,2,6-8,10,16H2,1H3,(H,17,19). The first-order valence-electron chi connectivity index (χ1n) is 7.05. The lowest BCUT2D eigenvalue weighted by Gasteiger charge is -2.22. The number of carbonyl (C=O) groups excluding carboxylic acids is 1. The van der Waals surface area contributed by atoms with Gasteiger partial charge in [-0.25, -0.2) is 0 Å². The fraction of sp³-hybridized carbons (Fsp3) is 0.533. The minimum atomic E-state index is -0.973. The third kappa shape index (κ3) is 3.49. The van der Waals surface area contributed by atoms with E-state index in [-0.39, 0.29) is 5.91 Å². The van der Waals surface area contributed by atoms with Gasteiger partial charge in [-0.1, -0.05) is 13.0 Å². The molecule has 2 unspecified atom stereocenters. The zero-order chi connectivity index (χ0) is 14.6. The summed E-state index contributed by atoms with van der Waals surface area (Å²) in [4.78, 5) is 12.2. The van der Waals surface area contributed by atoms with E-state index in [4.69, 9.17) is 10.5 Å². The largest absolute Gasteiger partial charge is 0.494 e. The minimum absolute atomic E-state index is 0.248. The maximum atomic E-state index is 12.2. The molecule has 0 radical (unpaired) electrons. The molecule has 1 aromatic rings. The van der Waals surface area contributed by atoms with E-state index >= 15 is 0 Å². The molecule has 0 bridgehead atoms. The molecule has 0 spiro atoms. The summed E-state index contributed by atoms with van der Waals surface area (Å²) in [5.74, 6) is 0.476. The Morgan fingerprint density at radius 2 is 2.40 bits per heavy atom. The van der Waals surface area contributed by atoms with Crippen molar-refractivity contribution in [3.05, 3.63) is 24.3 Å². The van der Waals surface area contributed by atoms with Crippen molar-refractivity contribution in [2.75, 3.05) is 11.9 Å². The molecule has 5 nitrogen and oxygen atoms in total. The van der Waals surface area contributed by atoms with Gasteiger partial charge in [0, 0.05) is 18.2 Å². The molecule has 0 saturated heterocycles. The molecule has 20 heavy (non-hydrogen) atoms. The van der Waals surface area contributed by atoms with Crippen LogP contribution in [-0.4, -0.2) is 29.3 Å². The Balaban J connectivity index is 2.00. The monoisotopic (exact) mass is 278 g/mol. The van der Waals surface area contributed by atoms with E-state index in [1.165, 1.54) is 0 Å². The van der Waals surface area contributed by atoms with Crippen LogP contribution in [0.3, 0.4) is 0 Å². The molecule has 4 N–H and O–H groups in total. The van der Waals surface area contributed by atoms with Crippen molar-refractivity contribution < 1.29 is 14.6 Å².